The average molecular weight is 206 g/mol. The first kappa shape index (κ1) is 15.6. The van der Waals surface area contributed by atoms with Crippen molar-refractivity contribution in [2.45, 2.75) is 32.6 Å². The van der Waals surface area contributed by atoms with Crippen LogP contribution in [0, 0.1) is 0 Å². The average Bonchev–Trinajstić information content (AvgIpc) is 1.85. The third-order valence-electron chi connectivity index (χ3n) is 1.26. The molecular formula is C6H16NaO4P. The third-order valence-corrected chi connectivity index (χ3v) is 1.78. The van der Waals surface area contributed by atoms with Gasteiger partial charge in [0.25, 0.3) is 0 Å². The van der Waals surface area contributed by atoms with Crippen molar-refractivity contribution in [2.75, 3.05) is 6.61 Å². The third kappa shape index (κ3) is 13.7. The Morgan fingerprint density at radius 2 is 1.83 bits per heavy atom. The molecule has 0 saturated heterocycles. The summed E-state index contributed by atoms with van der Waals surface area (Å²) in [5, 5.41) is 0. The number of rotatable bonds is 6. The molecule has 0 aromatic rings. The number of phosphoric acid groups is 1. The minimum absolute atomic E-state index is 0. The molecule has 0 bridgehead atoms. The summed E-state index contributed by atoms with van der Waals surface area (Å²) in [6, 6.07) is 0. The molecule has 0 aromatic carbocycles. The normalized spacial score (nSPS) is 10.9. The summed E-state index contributed by atoms with van der Waals surface area (Å²) in [5.41, 5.74) is 0. The van der Waals surface area contributed by atoms with Crippen LogP contribution in [-0.4, -0.2) is 46.0 Å². The predicted molar refractivity (Wildman–Crippen MR) is 49.3 cm³/mol. The number of hydrogen-bond donors (Lipinski definition) is 2. The second-order valence-electron chi connectivity index (χ2n) is 2.38. The molecule has 0 rings (SSSR count). The van der Waals surface area contributed by atoms with E-state index in [0.29, 0.717) is 0 Å². The van der Waals surface area contributed by atoms with Gasteiger partial charge in [0.1, 0.15) is 0 Å². The van der Waals surface area contributed by atoms with Crippen molar-refractivity contribution in [3.8, 4) is 0 Å². The number of unbranched alkanes of at least 4 members (excludes halogenated alkanes) is 3. The molecule has 0 saturated carbocycles. The molecule has 0 atom stereocenters. The van der Waals surface area contributed by atoms with Crippen LogP contribution in [0.25, 0.3) is 0 Å². The van der Waals surface area contributed by atoms with Crippen LogP contribution in [0.2, 0.25) is 0 Å². The quantitative estimate of drug-likeness (QED) is 0.387. The van der Waals surface area contributed by atoms with Crippen molar-refractivity contribution >= 4 is 37.4 Å². The zero-order chi connectivity index (χ0) is 8.74. The van der Waals surface area contributed by atoms with Gasteiger partial charge in [0.15, 0.2) is 0 Å². The van der Waals surface area contributed by atoms with Crippen LogP contribution in [0.3, 0.4) is 0 Å². The van der Waals surface area contributed by atoms with Gasteiger partial charge in [0, 0.05) is 0 Å². The molecule has 4 nitrogen and oxygen atoms in total. The van der Waals surface area contributed by atoms with Gasteiger partial charge >= 0.3 is 37.4 Å². The van der Waals surface area contributed by atoms with Gasteiger partial charge in [0.2, 0.25) is 0 Å². The molecule has 2 N–H and O–H groups in total. The molecule has 0 spiro atoms. The van der Waals surface area contributed by atoms with Crippen LogP contribution in [0.5, 0.6) is 0 Å². The predicted octanol–water partition coefficient (Wildman–Crippen LogP) is 1.03. The van der Waals surface area contributed by atoms with Crippen LogP contribution in [0.4, 0.5) is 0 Å². The van der Waals surface area contributed by atoms with Crippen LogP contribution in [-0.2, 0) is 9.09 Å². The SMILES string of the molecule is CCCCCCOP(=O)(O)O.[NaH]. The Morgan fingerprint density at radius 3 is 2.25 bits per heavy atom. The van der Waals surface area contributed by atoms with E-state index in [9.17, 15) is 4.57 Å². The molecule has 0 aliphatic heterocycles. The molecule has 0 amide bonds. The van der Waals surface area contributed by atoms with E-state index in [0.717, 1.165) is 25.7 Å². The number of phosphoric ester groups is 1. The van der Waals surface area contributed by atoms with E-state index in [4.69, 9.17) is 9.79 Å². The molecule has 0 fully saturated rings. The Balaban J connectivity index is 0. The summed E-state index contributed by atoms with van der Waals surface area (Å²) in [6.07, 6.45) is 3.88. The van der Waals surface area contributed by atoms with E-state index in [1.165, 1.54) is 0 Å². The fourth-order valence-corrected chi connectivity index (χ4v) is 1.08. The van der Waals surface area contributed by atoms with Gasteiger partial charge in [-0.2, -0.15) is 0 Å². The van der Waals surface area contributed by atoms with Crippen LogP contribution < -0.4 is 0 Å². The Morgan fingerprint density at radius 1 is 1.25 bits per heavy atom. The van der Waals surface area contributed by atoms with Crippen LogP contribution >= 0.6 is 7.82 Å². The van der Waals surface area contributed by atoms with Crippen molar-refractivity contribution in [2.24, 2.45) is 0 Å². The fourth-order valence-electron chi connectivity index (χ4n) is 0.712. The summed E-state index contributed by atoms with van der Waals surface area (Å²) in [4.78, 5) is 16.5. The maximum absolute atomic E-state index is 10.1. The summed E-state index contributed by atoms with van der Waals surface area (Å²) in [7, 11) is -4.21. The Kier molecular flexibility index (Phi) is 11.3. The first-order valence-corrected chi connectivity index (χ1v) is 5.29. The van der Waals surface area contributed by atoms with E-state index in [2.05, 4.69) is 11.4 Å². The first-order valence-electron chi connectivity index (χ1n) is 3.76. The van der Waals surface area contributed by atoms with Gasteiger partial charge in [-0.3, -0.25) is 4.52 Å². The van der Waals surface area contributed by atoms with E-state index < -0.39 is 7.82 Å². The molecular weight excluding hydrogens is 190 g/mol. The Labute approximate surface area is 95.2 Å². The second kappa shape index (κ2) is 8.70. The molecule has 0 heterocycles. The zero-order valence-electron chi connectivity index (χ0n) is 6.69. The number of hydrogen-bond acceptors (Lipinski definition) is 2. The van der Waals surface area contributed by atoms with Gasteiger partial charge < -0.3 is 9.79 Å². The van der Waals surface area contributed by atoms with Crippen molar-refractivity contribution in [3.63, 3.8) is 0 Å². The van der Waals surface area contributed by atoms with Crippen LogP contribution in [0.1, 0.15) is 32.6 Å². The van der Waals surface area contributed by atoms with Gasteiger partial charge in [0.05, 0.1) is 6.61 Å². The van der Waals surface area contributed by atoms with Gasteiger partial charge in [-0.05, 0) is 6.42 Å². The summed E-state index contributed by atoms with van der Waals surface area (Å²) in [5.74, 6) is 0. The second-order valence-corrected chi connectivity index (χ2v) is 3.62. The van der Waals surface area contributed by atoms with Crippen LogP contribution in [0.15, 0.2) is 0 Å². The Bertz CT molecular complexity index is 136. The molecule has 6 heteroatoms. The van der Waals surface area contributed by atoms with Crippen molar-refractivity contribution in [1.29, 1.82) is 0 Å². The molecule has 0 radical (unpaired) electrons. The van der Waals surface area contributed by atoms with Gasteiger partial charge in [-0.25, -0.2) is 4.57 Å². The standard InChI is InChI=1S/C6H15O4P.Na.H/c1-2-3-4-5-6-10-11(7,8)9;;/h2-6H2,1H3,(H2,7,8,9);;. The van der Waals surface area contributed by atoms with Crippen molar-refractivity contribution < 1.29 is 18.9 Å². The minimum atomic E-state index is -4.21. The zero-order valence-corrected chi connectivity index (χ0v) is 7.59. The summed E-state index contributed by atoms with van der Waals surface area (Å²) < 4.78 is 14.4. The summed E-state index contributed by atoms with van der Waals surface area (Å²) >= 11 is 0. The van der Waals surface area contributed by atoms with Gasteiger partial charge in [-0.15, -0.1) is 0 Å². The molecule has 12 heavy (non-hydrogen) atoms. The molecule has 0 aliphatic carbocycles. The Hall–Kier alpha value is 1.11. The monoisotopic (exact) mass is 206 g/mol. The maximum atomic E-state index is 10.1. The topological polar surface area (TPSA) is 66.8 Å². The fraction of sp³-hybridized carbons (Fsp3) is 1.00. The molecule has 0 aliphatic rings. The van der Waals surface area contributed by atoms with E-state index in [-0.39, 0.29) is 36.2 Å². The molecule has 0 unspecified atom stereocenters. The van der Waals surface area contributed by atoms with Gasteiger partial charge in [-0.1, -0.05) is 26.2 Å². The summed E-state index contributed by atoms with van der Waals surface area (Å²) in [6.45, 7) is 2.23. The molecule has 0 aromatic heterocycles. The van der Waals surface area contributed by atoms with E-state index in [1.54, 1.807) is 0 Å². The van der Waals surface area contributed by atoms with Crippen molar-refractivity contribution in [1.82, 2.24) is 0 Å². The van der Waals surface area contributed by atoms with Crippen molar-refractivity contribution in [3.05, 3.63) is 0 Å². The van der Waals surface area contributed by atoms with E-state index >= 15 is 0 Å². The molecule has 70 valence electrons. The van der Waals surface area contributed by atoms with E-state index in [1.807, 2.05) is 0 Å². The first-order chi connectivity index (χ1) is 5.06.